The summed E-state index contributed by atoms with van der Waals surface area (Å²) in [5, 5.41) is 0. The molecule has 0 aromatic heterocycles. The van der Waals surface area contributed by atoms with Crippen LogP contribution in [0.1, 0.15) is 30.0 Å². The molecule has 3 aliphatic heterocycles. The van der Waals surface area contributed by atoms with Crippen LogP contribution >= 0.6 is 0 Å². The minimum Gasteiger partial charge on any atom is -0.493 e. The highest BCUT2D eigenvalue weighted by Crippen LogP contribution is 2.42. The van der Waals surface area contributed by atoms with Crippen LogP contribution in [0.25, 0.3) is 0 Å². The first-order chi connectivity index (χ1) is 13.0. The quantitative estimate of drug-likeness (QED) is 0.862. The van der Waals surface area contributed by atoms with Crippen molar-refractivity contribution in [3.63, 3.8) is 0 Å². The molecular weight excluding hydrogens is 349 g/mol. The van der Waals surface area contributed by atoms with Crippen molar-refractivity contribution in [2.75, 3.05) is 40.5 Å². The molecule has 148 valence electrons. The third kappa shape index (κ3) is 3.17. The Morgan fingerprint density at radius 3 is 2.63 bits per heavy atom. The third-order valence-corrected chi connectivity index (χ3v) is 6.38. The molecule has 1 amide bonds. The maximum absolute atomic E-state index is 13.0. The van der Waals surface area contributed by atoms with Crippen molar-refractivity contribution < 1.29 is 18.7 Å². The van der Waals surface area contributed by atoms with Crippen molar-refractivity contribution in [1.29, 1.82) is 0 Å². The minimum atomic E-state index is -0.439. The number of carbonyl (C=O) groups excluding carboxylic acids is 1. The zero-order valence-electron chi connectivity index (χ0n) is 16.0. The van der Waals surface area contributed by atoms with Crippen LogP contribution in [-0.2, 0) is 11.2 Å². The van der Waals surface area contributed by atoms with Gasteiger partial charge in [0.25, 0.3) is 0 Å². The fraction of sp³-hybridized carbons (Fsp3) is 0.650. The van der Waals surface area contributed by atoms with Crippen molar-refractivity contribution >= 4 is 5.91 Å². The van der Waals surface area contributed by atoms with E-state index in [0.29, 0.717) is 13.0 Å². The minimum absolute atomic E-state index is 0.0352. The van der Waals surface area contributed by atoms with Crippen molar-refractivity contribution in [3.05, 3.63) is 23.3 Å². The summed E-state index contributed by atoms with van der Waals surface area (Å²) in [6.45, 7) is 1.72. The first-order valence-electron chi connectivity index (χ1n) is 9.65. The Morgan fingerprint density at radius 2 is 1.96 bits per heavy atom. The summed E-state index contributed by atoms with van der Waals surface area (Å²) in [5.74, 6) is 1.35. The second-order valence-electron chi connectivity index (χ2n) is 7.90. The number of ether oxygens (including phenoxy) is 2. The van der Waals surface area contributed by atoms with Gasteiger partial charge in [0, 0.05) is 44.1 Å². The van der Waals surface area contributed by atoms with Gasteiger partial charge in [0.05, 0.1) is 26.9 Å². The van der Waals surface area contributed by atoms with E-state index in [4.69, 9.17) is 15.2 Å². The highest BCUT2D eigenvalue weighted by molar-refractivity contribution is 5.79. The normalized spacial score (nSPS) is 30.8. The molecule has 0 radical (unpaired) electrons. The highest BCUT2D eigenvalue weighted by atomic mass is 19.1. The number of halogens is 1. The largest absolute Gasteiger partial charge is 0.493 e. The number of hydrogen-bond donors (Lipinski definition) is 1. The number of amides is 1. The predicted molar refractivity (Wildman–Crippen MR) is 99.7 cm³/mol. The van der Waals surface area contributed by atoms with Crippen LogP contribution in [0.2, 0.25) is 0 Å². The average Bonchev–Trinajstić information content (AvgIpc) is 3.06. The van der Waals surface area contributed by atoms with Crippen molar-refractivity contribution in [2.45, 2.75) is 37.4 Å². The van der Waals surface area contributed by atoms with E-state index in [-0.39, 0.29) is 30.0 Å². The number of carbonyl (C=O) groups is 1. The number of likely N-dealkylation sites (tertiary alicyclic amines) is 1. The van der Waals surface area contributed by atoms with Gasteiger partial charge in [-0.25, -0.2) is 0 Å². The Kier molecular flexibility index (Phi) is 4.99. The molecule has 2 fully saturated rings. The molecule has 0 spiro atoms. The number of nitrogens with zero attached hydrogens (tertiary/aromatic N) is 2. The second-order valence-corrected chi connectivity index (χ2v) is 7.90. The molecule has 0 saturated carbocycles. The Balaban J connectivity index is 1.57. The maximum atomic E-state index is 13.0. The number of benzene rings is 1. The number of hydrogen-bond acceptors (Lipinski definition) is 5. The summed E-state index contributed by atoms with van der Waals surface area (Å²) < 4.78 is 24.0. The zero-order chi connectivity index (χ0) is 19.1. The van der Waals surface area contributed by atoms with Crippen LogP contribution in [-0.4, -0.2) is 68.3 Å². The monoisotopic (exact) mass is 377 g/mol. The van der Waals surface area contributed by atoms with Crippen LogP contribution in [0.4, 0.5) is 4.39 Å². The fourth-order valence-electron chi connectivity index (χ4n) is 4.93. The smallest absolute Gasteiger partial charge is 0.223 e. The van der Waals surface area contributed by atoms with Gasteiger partial charge in [-0.2, -0.15) is 0 Å². The number of fused-ring (bicyclic) bond motifs is 3. The van der Waals surface area contributed by atoms with E-state index >= 15 is 0 Å². The van der Waals surface area contributed by atoms with Gasteiger partial charge >= 0.3 is 0 Å². The maximum Gasteiger partial charge on any atom is 0.223 e. The van der Waals surface area contributed by atoms with Gasteiger partial charge in [0.2, 0.25) is 5.91 Å². The van der Waals surface area contributed by atoms with Crippen molar-refractivity contribution in [2.24, 2.45) is 11.7 Å². The first kappa shape index (κ1) is 18.5. The lowest BCUT2D eigenvalue weighted by Gasteiger charge is -2.48. The highest BCUT2D eigenvalue weighted by Gasteiger charge is 2.44. The number of alkyl halides is 1. The molecule has 3 heterocycles. The molecule has 0 aliphatic carbocycles. The van der Waals surface area contributed by atoms with Crippen LogP contribution in [0.5, 0.6) is 11.5 Å². The molecule has 3 aliphatic rings. The number of nitrogens with two attached hydrogens (primary N) is 1. The van der Waals surface area contributed by atoms with Crippen LogP contribution in [0, 0.1) is 5.92 Å². The molecule has 6 nitrogen and oxygen atoms in total. The number of rotatable bonds is 4. The Hall–Kier alpha value is -1.86. The molecule has 27 heavy (non-hydrogen) atoms. The Bertz CT molecular complexity index is 729. The van der Waals surface area contributed by atoms with E-state index in [2.05, 4.69) is 17.0 Å². The molecule has 4 rings (SSSR count). The van der Waals surface area contributed by atoms with Crippen LogP contribution < -0.4 is 15.2 Å². The summed E-state index contributed by atoms with van der Waals surface area (Å²) in [6, 6.07) is 4.20. The first-order valence-corrected chi connectivity index (χ1v) is 9.65. The molecule has 1 aromatic rings. The topological polar surface area (TPSA) is 68.0 Å². The average molecular weight is 377 g/mol. The van der Waals surface area contributed by atoms with Crippen molar-refractivity contribution in [1.82, 2.24) is 9.80 Å². The van der Waals surface area contributed by atoms with Gasteiger partial charge in [0.15, 0.2) is 11.5 Å². The lowest BCUT2D eigenvalue weighted by Crippen LogP contribution is -2.60. The second kappa shape index (κ2) is 7.28. The molecule has 7 heteroatoms. The predicted octanol–water partition coefficient (Wildman–Crippen LogP) is 1.52. The lowest BCUT2D eigenvalue weighted by atomic mass is 9.83. The molecule has 2 N–H and O–H groups in total. The number of methoxy groups -OCH3 is 2. The van der Waals surface area contributed by atoms with E-state index in [1.54, 1.807) is 14.2 Å². The number of piperidine rings is 1. The van der Waals surface area contributed by atoms with Gasteiger partial charge in [-0.3, -0.25) is 14.1 Å². The van der Waals surface area contributed by atoms with Gasteiger partial charge in [-0.1, -0.05) is 0 Å². The molecule has 4 atom stereocenters. The lowest BCUT2D eigenvalue weighted by molar-refractivity contribution is -0.131. The third-order valence-electron chi connectivity index (χ3n) is 6.38. The Labute approximate surface area is 159 Å². The van der Waals surface area contributed by atoms with Crippen molar-refractivity contribution in [3.8, 4) is 11.5 Å². The van der Waals surface area contributed by atoms with E-state index in [1.807, 2.05) is 4.90 Å². The summed E-state index contributed by atoms with van der Waals surface area (Å²) >= 11 is 0. The molecule has 1 aromatic carbocycles. The van der Waals surface area contributed by atoms with E-state index in [9.17, 15) is 9.18 Å². The van der Waals surface area contributed by atoms with Crippen LogP contribution in [0.15, 0.2) is 12.1 Å². The van der Waals surface area contributed by atoms with Gasteiger partial charge < -0.3 is 20.1 Å². The van der Waals surface area contributed by atoms with Gasteiger partial charge in [0.1, 0.15) is 0 Å². The summed E-state index contributed by atoms with van der Waals surface area (Å²) in [6.07, 6.45) is 2.01. The molecule has 2 saturated heterocycles. The standard InChI is InChI=1S/C20H28FN3O3/c1-26-18-6-13-3-4-23-11-17(24-10-12(9-21)5-20(24)25)15(22)8-16(23)14(13)7-19(18)27-2/h6-7,12,15-17H,3-5,8-11,22H2,1-2H3/t12-,15+,16?,17+/m1/s1. The Morgan fingerprint density at radius 1 is 1.22 bits per heavy atom. The summed E-state index contributed by atoms with van der Waals surface area (Å²) in [7, 11) is 3.30. The van der Waals surface area contributed by atoms with Crippen LogP contribution in [0.3, 0.4) is 0 Å². The van der Waals surface area contributed by atoms with Gasteiger partial charge in [-0.05, 0) is 36.1 Å². The summed E-state index contributed by atoms with van der Waals surface area (Å²) in [4.78, 5) is 16.6. The molecular formula is C20H28FN3O3. The van der Waals surface area contributed by atoms with E-state index in [1.165, 1.54) is 11.1 Å². The molecule has 1 unspecified atom stereocenters. The van der Waals surface area contributed by atoms with E-state index < -0.39 is 6.67 Å². The van der Waals surface area contributed by atoms with E-state index in [0.717, 1.165) is 37.4 Å². The molecule has 0 bridgehead atoms. The van der Waals surface area contributed by atoms with Gasteiger partial charge in [-0.15, -0.1) is 0 Å². The fourth-order valence-corrected chi connectivity index (χ4v) is 4.93. The summed E-state index contributed by atoms with van der Waals surface area (Å²) in [5.41, 5.74) is 9.04. The zero-order valence-corrected chi connectivity index (χ0v) is 16.0. The SMILES string of the molecule is COc1cc2c(cc1OC)C1C[C@H](N)[C@@H](N3C[C@@H](CF)CC3=O)CN1CC2.